The van der Waals surface area contributed by atoms with Gasteiger partial charge in [-0.25, -0.2) is 0 Å². The fourth-order valence-electron chi connectivity index (χ4n) is 6.89. The predicted octanol–water partition coefficient (Wildman–Crippen LogP) is 19.0. The van der Waals surface area contributed by atoms with Crippen molar-refractivity contribution in [3.8, 4) is 0 Å². The Morgan fingerprint density at radius 1 is 0.296 bits per heavy atom. The summed E-state index contributed by atoms with van der Waals surface area (Å²) in [6.07, 6.45) is 84.0. The van der Waals surface area contributed by atoms with Gasteiger partial charge in [-0.1, -0.05) is 224 Å². The Morgan fingerprint density at radius 3 is 0.887 bits per heavy atom. The highest BCUT2D eigenvalue weighted by atomic mass is 16.6. The Labute approximate surface area is 435 Å². The van der Waals surface area contributed by atoms with Crippen LogP contribution in [0.3, 0.4) is 0 Å². The molecule has 396 valence electrons. The summed E-state index contributed by atoms with van der Waals surface area (Å²) in [5.41, 5.74) is 0. The summed E-state index contributed by atoms with van der Waals surface area (Å²) in [6.45, 7) is 6.28. The van der Waals surface area contributed by atoms with Crippen molar-refractivity contribution >= 4 is 17.9 Å². The van der Waals surface area contributed by atoms with E-state index in [2.05, 4.69) is 179 Å². The van der Waals surface area contributed by atoms with Crippen molar-refractivity contribution in [1.82, 2.24) is 0 Å². The molecule has 1 atom stereocenters. The van der Waals surface area contributed by atoms with Gasteiger partial charge >= 0.3 is 17.9 Å². The Balaban J connectivity index is 4.41. The molecular weight excluding hydrogens is 877 g/mol. The van der Waals surface area contributed by atoms with E-state index >= 15 is 0 Å². The van der Waals surface area contributed by atoms with Crippen LogP contribution in [0.2, 0.25) is 0 Å². The molecule has 0 rings (SSSR count). The number of unbranched alkanes of at least 4 members (excludes halogenated alkanes) is 11. The summed E-state index contributed by atoms with van der Waals surface area (Å²) in [7, 11) is 0. The first-order chi connectivity index (χ1) is 35.0. The molecule has 71 heavy (non-hydrogen) atoms. The molecule has 0 aliphatic carbocycles. The number of hydrogen-bond acceptors (Lipinski definition) is 6. The summed E-state index contributed by atoms with van der Waals surface area (Å²) in [5.74, 6) is -1.01. The van der Waals surface area contributed by atoms with E-state index in [0.29, 0.717) is 19.3 Å². The molecule has 0 aliphatic rings. The zero-order valence-electron chi connectivity index (χ0n) is 45.2. The lowest BCUT2D eigenvalue weighted by Crippen LogP contribution is -2.30. The Kier molecular flexibility index (Phi) is 53.6. The molecule has 0 saturated heterocycles. The number of hydrogen-bond donors (Lipinski definition) is 0. The maximum atomic E-state index is 12.8. The standard InChI is InChI=1S/C65H100O6/c1-4-7-10-13-16-18-20-22-24-26-28-30-31-32-33-35-36-38-40-42-44-46-49-52-55-58-64(67)70-61-62(60-69-63(66)57-54-51-48-15-12-9-6-3)71-65(68)59-56-53-50-47-45-43-41-39-37-34-29-27-25-23-21-19-17-14-11-8-5-2/h7-8,10-11,16-19,22-25,28-30,32-34,36,38-39,41-42,44-45,47,62H,4-6,9,12-15,20-21,26-27,31,35,37,40,43,46,48-61H2,1-3H3/b10-7-,11-8-,18-16-,19-17-,24-22-,25-23-,30-28-,33-32-,34-29-,38-36-,41-39-,44-42-,47-45-. The van der Waals surface area contributed by atoms with E-state index in [0.717, 1.165) is 141 Å². The third-order valence-corrected chi connectivity index (χ3v) is 11.0. The minimum atomic E-state index is -0.820. The normalized spacial score (nSPS) is 13.3. The lowest BCUT2D eigenvalue weighted by Gasteiger charge is -2.18. The highest BCUT2D eigenvalue weighted by molar-refractivity contribution is 5.71. The number of esters is 3. The van der Waals surface area contributed by atoms with Crippen LogP contribution in [0.4, 0.5) is 0 Å². The molecule has 1 unspecified atom stereocenters. The molecule has 6 nitrogen and oxygen atoms in total. The average molecular weight is 978 g/mol. The van der Waals surface area contributed by atoms with Gasteiger partial charge in [-0.3, -0.25) is 14.4 Å². The predicted molar refractivity (Wildman–Crippen MR) is 306 cm³/mol. The second-order valence-electron chi connectivity index (χ2n) is 17.7. The van der Waals surface area contributed by atoms with E-state index < -0.39 is 6.10 Å². The molecule has 0 amide bonds. The molecule has 0 radical (unpaired) electrons. The largest absolute Gasteiger partial charge is 0.462 e. The first kappa shape index (κ1) is 66.0. The van der Waals surface area contributed by atoms with E-state index in [1.54, 1.807) is 0 Å². The summed E-state index contributed by atoms with van der Waals surface area (Å²) >= 11 is 0. The van der Waals surface area contributed by atoms with Crippen LogP contribution in [0.5, 0.6) is 0 Å². The number of allylic oxidation sites excluding steroid dienone is 26. The zero-order chi connectivity index (χ0) is 51.4. The molecule has 0 aliphatic heterocycles. The van der Waals surface area contributed by atoms with Gasteiger partial charge in [0.05, 0.1) is 0 Å². The smallest absolute Gasteiger partial charge is 0.306 e. The van der Waals surface area contributed by atoms with E-state index in [-0.39, 0.29) is 37.5 Å². The summed E-state index contributed by atoms with van der Waals surface area (Å²) in [6, 6.07) is 0. The van der Waals surface area contributed by atoms with Crippen LogP contribution < -0.4 is 0 Å². The number of carbonyl (C=O) groups excluding carboxylic acids is 3. The van der Waals surface area contributed by atoms with Crippen LogP contribution in [0, 0.1) is 0 Å². The van der Waals surface area contributed by atoms with Gasteiger partial charge in [0.1, 0.15) is 13.2 Å². The topological polar surface area (TPSA) is 78.9 Å². The van der Waals surface area contributed by atoms with E-state index in [1.165, 1.54) is 25.7 Å². The number of carbonyl (C=O) groups is 3. The van der Waals surface area contributed by atoms with Crippen molar-refractivity contribution < 1.29 is 28.6 Å². The first-order valence-electron chi connectivity index (χ1n) is 28.0. The number of rotatable bonds is 48. The minimum absolute atomic E-state index is 0.113. The van der Waals surface area contributed by atoms with Crippen LogP contribution in [0.15, 0.2) is 158 Å². The monoisotopic (exact) mass is 977 g/mol. The van der Waals surface area contributed by atoms with Crippen molar-refractivity contribution in [3.63, 3.8) is 0 Å². The molecule has 0 bridgehead atoms. The molecule has 0 spiro atoms. The van der Waals surface area contributed by atoms with Gasteiger partial charge in [-0.05, 0) is 128 Å². The van der Waals surface area contributed by atoms with Crippen LogP contribution in [-0.2, 0) is 28.6 Å². The van der Waals surface area contributed by atoms with Crippen LogP contribution in [0.1, 0.15) is 213 Å². The van der Waals surface area contributed by atoms with E-state index in [1.807, 2.05) is 0 Å². The number of ether oxygens (including phenoxy) is 3. The average Bonchev–Trinajstić information content (AvgIpc) is 3.37. The maximum absolute atomic E-state index is 12.8. The molecule has 0 aromatic carbocycles. The van der Waals surface area contributed by atoms with Crippen molar-refractivity contribution in [2.45, 2.75) is 219 Å². The Morgan fingerprint density at radius 2 is 0.549 bits per heavy atom. The molecule has 6 heteroatoms. The lowest BCUT2D eigenvalue weighted by molar-refractivity contribution is -0.167. The second kappa shape index (κ2) is 57.6. The van der Waals surface area contributed by atoms with Crippen LogP contribution in [-0.4, -0.2) is 37.2 Å². The molecule has 0 saturated carbocycles. The van der Waals surface area contributed by atoms with Crippen LogP contribution in [0.25, 0.3) is 0 Å². The van der Waals surface area contributed by atoms with Gasteiger partial charge in [0.15, 0.2) is 6.10 Å². The summed E-state index contributed by atoms with van der Waals surface area (Å²) < 4.78 is 16.7. The quantitative estimate of drug-likeness (QED) is 0.0262. The fourth-order valence-corrected chi connectivity index (χ4v) is 6.89. The molecule has 0 aromatic heterocycles. The van der Waals surface area contributed by atoms with E-state index in [9.17, 15) is 14.4 Å². The molecule has 0 N–H and O–H groups in total. The van der Waals surface area contributed by atoms with Gasteiger partial charge < -0.3 is 14.2 Å². The fraction of sp³-hybridized carbons (Fsp3) is 0.554. The van der Waals surface area contributed by atoms with Crippen molar-refractivity contribution in [3.05, 3.63) is 158 Å². The highest BCUT2D eigenvalue weighted by Gasteiger charge is 2.19. The van der Waals surface area contributed by atoms with Gasteiger partial charge in [0.2, 0.25) is 0 Å². The third kappa shape index (κ3) is 55.8. The maximum Gasteiger partial charge on any atom is 0.306 e. The SMILES string of the molecule is CC/C=C\C/C=C\C/C=C\C/C=C\C/C=C\C/C=C\C/C=C\CCCCCC(=O)OCC(COC(=O)CCCCCCCCC)OC(=O)CCCC/C=C\C/C=C\C/C=C\C/C=C\C/C=C\C/C=C\CC. The van der Waals surface area contributed by atoms with Gasteiger partial charge in [-0.15, -0.1) is 0 Å². The molecule has 0 aromatic rings. The van der Waals surface area contributed by atoms with Crippen LogP contribution >= 0.6 is 0 Å². The third-order valence-electron chi connectivity index (χ3n) is 11.0. The molecular formula is C65H100O6. The zero-order valence-corrected chi connectivity index (χ0v) is 45.2. The van der Waals surface area contributed by atoms with Gasteiger partial charge in [0, 0.05) is 19.3 Å². The highest BCUT2D eigenvalue weighted by Crippen LogP contribution is 2.12. The van der Waals surface area contributed by atoms with Gasteiger partial charge in [-0.2, -0.15) is 0 Å². The summed E-state index contributed by atoms with van der Waals surface area (Å²) in [5, 5.41) is 0. The van der Waals surface area contributed by atoms with Crippen molar-refractivity contribution in [2.24, 2.45) is 0 Å². The second-order valence-corrected chi connectivity index (χ2v) is 17.7. The minimum Gasteiger partial charge on any atom is -0.462 e. The Bertz CT molecular complexity index is 1640. The van der Waals surface area contributed by atoms with Crippen molar-refractivity contribution in [2.75, 3.05) is 13.2 Å². The van der Waals surface area contributed by atoms with E-state index in [4.69, 9.17) is 14.2 Å². The molecule has 0 heterocycles. The van der Waals surface area contributed by atoms with Crippen molar-refractivity contribution in [1.29, 1.82) is 0 Å². The molecule has 0 fully saturated rings. The Hall–Kier alpha value is -4.97. The first-order valence-corrected chi connectivity index (χ1v) is 28.0. The summed E-state index contributed by atoms with van der Waals surface area (Å²) in [4.78, 5) is 37.9. The van der Waals surface area contributed by atoms with Gasteiger partial charge in [0.25, 0.3) is 0 Å². The lowest BCUT2D eigenvalue weighted by atomic mass is 10.1.